The van der Waals surface area contributed by atoms with Crippen LogP contribution in [-0.4, -0.2) is 95.2 Å². The Balaban J connectivity index is 0.811. The zero-order valence-electron chi connectivity index (χ0n) is 33.8. The first-order valence-electron chi connectivity index (χ1n) is 20.2. The number of nitrogens with zero attached hydrogens (tertiary/aromatic N) is 5. The number of anilines is 1. The smallest absolute Gasteiger partial charge is 0.262 e. The number of nitriles is 1. The van der Waals surface area contributed by atoms with Crippen LogP contribution in [0.25, 0.3) is 0 Å². The van der Waals surface area contributed by atoms with E-state index in [1.165, 1.54) is 6.07 Å². The van der Waals surface area contributed by atoms with Crippen molar-refractivity contribution in [3.8, 4) is 11.8 Å². The second-order valence-corrected chi connectivity index (χ2v) is 17.5. The largest absolute Gasteiger partial charge is 0.489 e. The normalized spacial score (nSPS) is 22.4. The maximum absolute atomic E-state index is 15.3. The van der Waals surface area contributed by atoms with Gasteiger partial charge in [0.15, 0.2) is 0 Å². The van der Waals surface area contributed by atoms with Crippen LogP contribution in [0.3, 0.4) is 0 Å². The molecule has 4 heterocycles. The van der Waals surface area contributed by atoms with Gasteiger partial charge in [0.1, 0.15) is 29.8 Å². The quantitative estimate of drug-likeness (QED) is 0.162. The van der Waals surface area contributed by atoms with Crippen molar-refractivity contribution >= 4 is 46.8 Å². The number of hydrogen-bond acceptors (Lipinski definition) is 10. The van der Waals surface area contributed by atoms with E-state index >= 15 is 4.39 Å². The van der Waals surface area contributed by atoms with Gasteiger partial charge in [-0.1, -0.05) is 52.1 Å². The topological polar surface area (TPSA) is 165 Å². The minimum atomic E-state index is -1.10. The first-order chi connectivity index (χ1) is 28.1. The summed E-state index contributed by atoms with van der Waals surface area (Å²) in [6.07, 6.45) is 6.39. The van der Waals surface area contributed by atoms with Gasteiger partial charge in [0.05, 0.1) is 33.0 Å². The molecule has 2 N–H and O–H groups in total. The molecule has 1 aromatic heterocycles. The molecular formula is C44H49ClFN7O6. The number of nitrogens with one attached hydrogen (secondary N) is 2. The SMILES string of the molecule is CC1(C)[C@H](NC(=O)c2ccc(CCCCCCN3CCN(c4cc5c(cc4F)C(=O)N(C4CCC(=O)NC4=O)C5=O)CC3)nc2)C(C)(C)[C@H]1Oc1ccc(C#N)c(Cl)c1. The monoisotopic (exact) mass is 825 g/mol. The Morgan fingerprint density at radius 1 is 0.966 bits per heavy atom. The highest BCUT2D eigenvalue weighted by Gasteiger charge is 2.64. The summed E-state index contributed by atoms with van der Waals surface area (Å²) in [6, 6.07) is 12.1. The summed E-state index contributed by atoms with van der Waals surface area (Å²) in [6.45, 7) is 11.8. The number of unbranched alkanes of at least 4 members (excludes halogenated alkanes) is 3. The number of hydrogen-bond donors (Lipinski definition) is 2. The van der Waals surface area contributed by atoms with Crippen LogP contribution in [0.4, 0.5) is 10.1 Å². The molecule has 13 nitrogen and oxygen atoms in total. The second-order valence-electron chi connectivity index (χ2n) is 17.1. The fraction of sp³-hybridized carbons (Fsp3) is 0.477. The van der Waals surface area contributed by atoms with Crippen molar-refractivity contribution in [3.63, 3.8) is 0 Å². The maximum atomic E-state index is 15.3. The molecule has 59 heavy (non-hydrogen) atoms. The highest BCUT2D eigenvalue weighted by atomic mass is 35.5. The minimum Gasteiger partial charge on any atom is -0.489 e. The van der Waals surface area contributed by atoms with E-state index in [9.17, 15) is 29.2 Å². The number of aryl methyl sites for hydroxylation is 1. The predicted octanol–water partition coefficient (Wildman–Crippen LogP) is 5.68. The van der Waals surface area contributed by atoms with Gasteiger partial charge in [0.2, 0.25) is 11.8 Å². The van der Waals surface area contributed by atoms with Crippen LogP contribution >= 0.6 is 11.6 Å². The standard InChI is InChI=1S/C44H49ClFN7O6/c1-43(2)41(44(3,4)42(43)59-29-13-11-26(24-47)32(45)21-29)50-37(55)27-10-12-28(48-25-27)9-7-5-6-8-16-51-17-19-52(20-18-51)35-23-31-30(22-33(35)46)39(57)53(40(31)58)34-14-15-36(54)49-38(34)56/h10-13,21-23,25,34,41-42H,5-9,14-20H2,1-4H3,(H,50,55)(H,49,54,56)/t34?,41-,42-. The number of carbonyl (C=O) groups excluding carboxylic acids is 5. The van der Waals surface area contributed by atoms with Gasteiger partial charge in [-0.15, -0.1) is 0 Å². The van der Waals surface area contributed by atoms with Crippen molar-refractivity contribution in [1.82, 2.24) is 25.4 Å². The summed E-state index contributed by atoms with van der Waals surface area (Å²) < 4.78 is 21.7. The van der Waals surface area contributed by atoms with Crippen LogP contribution < -0.4 is 20.3 Å². The van der Waals surface area contributed by atoms with Crippen LogP contribution in [0.15, 0.2) is 48.7 Å². The first-order valence-corrected chi connectivity index (χ1v) is 20.6. The summed E-state index contributed by atoms with van der Waals surface area (Å²) in [4.78, 5) is 73.2. The molecule has 3 fully saturated rings. The Kier molecular flexibility index (Phi) is 11.8. The average Bonchev–Trinajstić information content (AvgIpc) is 3.44. The highest BCUT2D eigenvalue weighted by molar-refractivity contribution is 6.31. The van der Waals surface area contributed by atoms with E-state index in [0.29, 0.717) is 35.0 Å². The number of imide groups is 2. The number of fused-ring (bicyclic) bond motifs is 1. The van der Waals surface area contributed by atoms with Gasteiger partial charge in [-0.3, -0.25) is 44.1 Å². The average molecular weight is 826 g/mol. The molecule has 3 aliphatic heterocycles. The van der Waals surface area contributed by atoms with Crippen molar-refractivity contribution in [3.05, 3.63) is 87.4 Å². The Morgan fingerprint density at radius 3 is 2.31 bits per heavy atom. The Labute approximate surface area is 348 Å². The molecule has 0 radical (unpaired) electrons. The van der Waals surface area contributed by atoms with E-state index in [0.717, 1.165) is 68.4 Å². The molecule has 1 atom stereocenters. The third kappa shape index (κ3) is 8.28. The van der Waals surface area contributed by atoms with E-state index in [1.807, 2.05) is 17.0 Å². The first kappa shape index (κ1) is 41.8. The molecule has 3 aromatic rings. The number of halogens is 2. The van der Waals surface area contributed by atoms with E-state index in [4.69, 9.17) is 16.3 Å². The molecule has 2 saturated heterocycles. The number of piperidine rings is 1. The van der Waals surface area contributed by atoms with Crippen molar-refractivity contribution in [2.45, 2.75) is 90.8 Å². The van der Waals surface area contributed by atoms with Crippen LogP contribution in [0.2, 0.25) is 5.02 Å². The Morgan fingerprint density at radius 2 is 1.66 bits per heavy atom. The number of ether oxygens (including phenoxy) is 1. The van der Waals surface area contributed by atoms with Crippen molar-refractivity contribution in [2.24, 2.45) is 10.8 Å². The van der Waals surface area contributed by atoms with Gasteiger partial charge in [-0.2, -0.15) is 5.26 Å². The number of amides is 5. The van der Waals surface area contributed by atoms with Gasteiger partial charge in [0.25, 0.3) is 17.7 Å². The molecule has 2 aromatic carbocycles. The lowest BCUT2D eigenvalue weighted by Crippen LogP contribution is -2.74. The van der Waals surface area contributed by atoms with Crippen LogP contribution in [0.1, 0.15) is 109 Å². The van der Waals surface area contributed by atoms with E-state index in [2.05, 4.69) is 54.3 Å². The van der Waals surface area contributed by atoms with Gasteiger partial charge in [0, 0.05) is 67.4 Å². The zero-order valence-corrected chi connectivity index (χ0v) is 34.5. The van der Waals surface area contributed by atoms with Crippen LogP contribution in [-0.2, 0) is 16.0 Å². The number of carbonyl (C=O) groups is 5. The summed E-state index contributed by atoms with van der Waals surface area (Å²) in [5, 5.41) is 14.9. The molecule has 5 amide bonds. The molecule has 4 aliphatic rings. The molecule has 310 valence electrons. The Hall–Kier alpha value is -5.39. The lowest BCUT2D eigenvalue weighted by atomic mass is 9.49. The summed E-state index contributed by atoms with van der Waals surface area (Å²) >= 11 is 6.23. The number of rotatable bonds is 13. The fourth-order valence-electron chi connectivity index (χ4n) is 9.45. The van der Waals surface area contributed by atoms with Gasteiger partial charge < -0.3 is 15.0 Å². The summed E-state index contributed by atoms with van der Waals surface area (Å²) in [5.74, 6) is -2.72. The lowest BCUT2D eigenvalue weighted by Gasteiger charge is -2.63. The molecule has 15 heteroatoms. The number of aromatic nitrogens is 1. The van der Waals surface area contributed by atoms with Crippen LogP contribution in [0, 0.1) is 28.0 Å². The molecule has 1 aliphatic carbocycles. The third-order valence-corrected chi connectivity index (χ3v) is 12.7. The summed E-state index contributed by atoms with van der Waals surface area (Å²) in [7, 11) is 0. The second kappa shape index (κ2) is 16.7. The van der Waals surface area contributed by atoms with Crippen molar-refractivity contribution < 1.29 is 33.1 Å². The predicted molar refractivity (Wildman–Crippen MR) is 218 cm³/mol. The van der Waals surface area contributed by atoms with E-state index < -0.39 is 35.5 Å². The number of benzene rings is 2. The number of piperazine rings is 1. The van der Waals surface area contributed by atoms with E-state index in [-0.39, 0.29) is 58.5 Å². The summed E-state index contributed by atoms with van der Waals surface area (Å²) in [5.41, 5.74) is 1.34. The number of pyridine rings is 1. The van der Waals surface area contributed by atoms with Crippen LogP contribution in [0.5, 0.6) is 5.75 Å². The Bertz CT molecular complexity index is 2200. The zero-order chi connectivity index (χ0) is 42.2. The molecule has 1 unspecified atom stereocenters. The van der Waals surface area contributed by atoms with Gasteiger partial charge in [-0.25, -0.2) is 4.39 Å². The maximum Gasteiger partial charge on any atom is 0.262 e. The van der Waals surface area contributed by atoms with E-state index in [1.54, 1.807) is 24.4 Å². The van der Waals surface area contributed by atoms with Gasteiger partial charge in [-0.05, 0) is 68.6 Å². The van der Waals surface area contributed by atoms with Crippen molar-refractivity contribution in [1.29, 1.82) is 5.26 Å². The molecule has 0 bridgehead atoms. The minimum absolute atomic E-state index is 0.0160. The molecule has 7 rings (SSSR count). The highest BCUT2D eigenvalue weighted by Crippen LogP contribution is 2.55. The fourth-order valence-corrected chi connectivity index (χ4v) is 9.66. The van der Waals surface area contributed by atoms with Crippen molar-refractivity contribution in [2.75, 3.05) is 37.6 Å². The molecule has 1 saturated carbocycles. The lowest BCUT2D eigenvalue weighted by molar-refractivity contribution is -0.164. The molecule has 0 spiro atoms. The third-order valence-electron chi connectivity index (χ3n) is 12.4. The molecular weight excluding hydrogens is 777 g/mol. The van der Waals surface area contributed by atoms with Gasteiger partial charge >= 0.3 is 0 Å².